The Morgan fingerprint density at radius 2 is 1.00 bits per heavy atom. The summed E-state index contributed by atoms with van der Waals surface area (Å²) in [6, 6.07) is 0. The van der Waals surface area contributed by atoms with Gasteiger partial charge >= 0.3 is 59.1 Å². The summed E-state index contributed by atoms with van der Waals surface area (Å²) in [4.78, 5) is 9.44. The SMILES string of the molecule is CC(C)=O.O=S([O-])O.O=S([O-])O.[Na+].[Na+]. The second-order valence-electron chi connectivity index (χ2n) is 1.34. The van der Waals surface area contributed by atoms with Crippen LogP contribution in [-0.4, -0.2) is 32.4 Å². The van der Waals surface area contributed by atoms with Crippen molar-refractivity contribution in [1.82, 2.24) is 0 Å². The number of hydrogen-bond donors (Lipinski definition) is 2. The zero-order valence-electron chi connectivity index (χ0n) is 8.25. The maximum absolute atomic E-state index is 9.44. The molecule has 0 aliphatic heterocycles. The van der Waals surface area contributed by atoms with E-state index in [1.54, 1.807) is 0 Å². The maximum Gasteiger partial charge on any atom is 1.00 e. The molecule has 0 amide bonds. The molecule has 76 valence electrons. The van der Waals surface area contributed by atoms with Crippen molar-refractivity contribution in [3.05, 3.63) is 0 Å². The molecule has 2 atom stereocenters. The quantitative estimate of drug-likeness (QED) is 0.328. The van der Waals surface area contributed by atoms with E-state index in [-0.39, 0.29) is 64.9 Å². The molecule has 0 radical (unpaired) electrons. The van der Waals surface area contributed by atoms with E-state index < -0.39 is 22.7 Å². The standard InChI is InChI=1S/C3H6O.2Na.2H2O3S/c1-3(2)4;;;2*1-4(2)3/h1-2H3;;;2*(H2,1,2,3)/q;2*+1;;/p-2. The molecule has 7 nitrogen and oxygen atoms in total. The fourth-order valence-corrected chi connectivity index (χ4v) is 0. The molecule has 0 aromatic heterocycles. The molecule has 0 saturated heterocycles. The van der Waals surface area contributed by atoms with Crippen molar-refractivity contribution in [2.45, 2.75) is 13.8 Å². The van der Waals surface area contributed by atoms with Crippen LogP contribution in [0.1, 0.15) is 13.8 Å². The molecule has 0 saturated carbocycles. The minimum absolute atomic E-state index is 0. The van der Waals surface area contributed by atoms with Gasteiger partial charge in [-0.3, -0.25) is 0 Å². The number of carbonyl (C=O) groups excluding carboxylic acids is 1. The summed E-state index contributed by atoms with van der Waals surface area (Å²) in [5.74, 6) is 0.167. The van der Waals surface area contributed by atoms with Crippen LogP contribution in [0.5, 0.6) is 0 Å². The van der Waals surface area contributed by atoms with Gasteiger partial charge in [0.15, 0.2) is 0 Å². The second kappa shape index (κ2) is 24.2. The van der Waals surface area contributed by atoms with E-state index >= 15 is 0 Å². The largest absolute Gasteiger partial charge is 1.00 e. The first-order valence-corrected chi connectivity index (χ1v) is 4.30. The third-order valence-electron chi connectivity index (χ3n) is 0. The Balaban J connectivity index is -0.0000000270. The molecule has 14 heavy (non-hydrogen) atoms. The minimum atomic E-state index is -2.86. The topological polar surface area (TPSA) is 138 Å². The van der Waals surface area contributed by atoms with Gasteiger partial charge in [0.2, 0.25) is 0 Å². The molecule has 0 aromatic rings. The van der Waals surface area contributed by atoms with Gasteiger partial charge in [-0.1, -0.05) is 0 Å². The molecule has 11 heteroatoms. The maximum atomic E-state index is 9.44. The summed E-state index contributed by atoms with van der Waals surface area (Å²) in [5, 5.41) is 0. The van der Waals surface area contributed by atoms with Gasteiger partial charge in [-0.05, 0) is 13.8 Å². The van der Waals surface area contributed by atoms with Crippen molar-refractivity contribution in [3.63, 3.8) is 0 Å². The van der Waals surface area contributed by atoms with Gasteiger partial charge in [-0.15, -0.1) is 0 Å². The van der Waals surface area contributed by atoms with Gasteiger partial charge in [-0.2, -0.15) is 0 Å². The number of rotatable bonds is 0. The van der Waals surface area contributed by atoms with Gasteiger partial charge < -0.3 is 23.0 Å². The van der Waals surface area contributed by atoms with Crippen molar-refractivity contribution in [1.29, 1.82) is 0 Å². The van der Waals surface area contributed by atoms with Gasteiger partial charge in [0, 0.05) is 0 Å². The van der Waals surface area contributed by atoms with E-state index in [1.807, 2.05) is 0 Å². The zero-order valence-corrected chi connectivity index (χ0v) is 13.9. The average molecular weight is 266 g/mol. The van der Waals surface area contributed by atoms with Gasteiger partial charge in [0.05, 0.1) is 22.7 Å². The first-order chi connectivity index (χ1) is 5.20. The third-order valence-corrected chi connectivity index (χ3v) is 0. The molecule has 0 fully saturated rings. The first kappa shape index (κ1) is 29.7. The summed E-state index contributed by atoms with van der Waals surface area (Å²) >= 11 is -5.72. The molecule has 0 bridgehead atoms. The van der Waals surface area contributed by atoms with Crippen LogP contribution < -0.4 is 59.1 Å². The van der Waals surface area contributed by atoms with Crippen LogP contribution in [0.25, 0.3) is 0 Å². The van der Waals surface area contributed by atoms with Crippen LogP contribution >= 0.6 is 0 Å². The fourth-order valence-electron chi connectivity index (χ4n) is 0. The first-order valence-electron chi connectivity index (χ1n) is 2.24. The Morgan fingerprint density at radius 3 is 1.00 bits per heavy atom. The van der Waals surface area contributed by atoms with Crippen molar-refractivity contribution in [3.8, 4) is 0 Å². The van der Waals surface area contributed by atoms with Crippen LogP contribution in [0, 0.1) is 0 Å². The van der Waals surface area contributed by atoms with Crippen molar-refractivity contribution in [2.24, 2.45) is 0 Å². The van der Waals surface area contributed by atoms with E-state index in [2.05, 4.69) is 0 Å². The van der Waals surface area contributed by atoms with Gasteiger partial charge in [-0.25, -0.2) is 8.42 Å². The van der Waals surface area contributed by atoms with Crippen molar-refractivity contribution >= 4 is 28.5 Å². The van der Waals surface area contributed by atoms with Crippen LogP contribution in [0.2, 0.25) is 0 Å². The predicted molar refractivity (Wildman–Crippen MR) is 39.5 cm³/mol. The Bertz CT molecular complexity index is 122. The minimum Gasteiger partial charge on any atom is -0.750 e. The van der Waals surface area contributed by atoms with Crippen LogP contribution in [-0.2, 0) is 27.5 Å². The molecule has 2 unspecified atom stereocenters. The molecule has 0 heterocycles. The molecule has 2 N–H and O–H groups in total. The second-order valence-corrected chi connectivity index (χ2v) is 2.21. The smallest absolute Gasteiger partial charge is 0.750 e. The molecule has 0 aliphatic rings. The molecule has 0 aliphatic carbocycles. The van der Waals surface area contributed by atoms with Crippen LogP contribution in [0.3, 0.4) is 0 Å². The van der Waals surface area contributed by atoms with E-state index in [0.717, 1.165) is 0 Å². The Labute approximate surface area is 131 Å². The molecular weight excluding hydrogens is 258 g/mol. The van der Waals surface area contributed by atoms with Gasteiger partial charge in [0.1, 0.15) is 5.78 Å². The monoisotopic (exact) mass is 266 g/mol. The summed E-state index contributed by atoms with van der Waals surface area (Å²) in [5.41, 5.74) is 0. The van der Waals surface area contributed by atoms with Crippen LogP contribution in [0.15, 0.2) is 0 Å². The Kier molecular flexibility index (Phi) is 51.2. The molecule has 0 spiro atoms. The third kappa shape index (κ3) is 692. The normalized spacial score (nSPS) is 10.7. The number of carbonyl (C=O) groups is 1. The van der Waals surface area contributed by atoms with Gasteiger partial charge in [0.25, 0.3) is 0 Å². The molecular formula is C3H8Na2O7S2. The summed E-state index contributed by atoms with van der Waals surface area (Å²) in [6.45, 7) is 3.06. The zero-order chi connectivity index (χ0) is 10.7. The summed E-state index contributed by atoms with van der Waals surface area (Å²) < 4.78 is 48.2. The number of hydrogen-bond acceptors (Lipinski definition) is 5. The number of Topliss-reactive ketones (excluding diaryl/α,β-unsaturated/α-hetero) is 1. The summed E-state index contributed by atoms with van der Waals surface area (Å²) in [6.07, 6.45) is 0. The Morgan fingerprint density at radius 1 is 1.00 bits per heavy atom. The molecule has 0 rings (SSSR count). The predicted octanol–water partition coefficient (Wildman–Crippen LogP) is -6.72. The van der Waals surface area contributed by atoms with E-state index in [4.69, 9.17) is 26.6 Å². The average Bonchev–Trinajstić information content (AvgIpc) is 1.54. The number of ketones is 1. The summed E-state index contributed by atoms with van der Waals surface area (Å²) in [7, 11) is 0. The van der Waals surface area contributed by atoms with Crippen LogP contribution in [0.4, 0.5) is 0 Å². The van der Waals surface area contributed by atoms with Crippen molar-refractivity contribution in [2.75, 3.05) is 0 Å². The molecule has 0 aromatic carbocycles. The van der Waals surface area contributed by atoms with E-state index in [9.17, 15) is 4.79 Å². The Hall–Kier alpha value is 1.81. The fraction of sp³-hybridized carbons (Fsp3) is 0.667. The van der Waals surface area contributed by atoms with E-state index in [0.29, 0.717) is 0 Å². The van der Waals surface area contributed by atoms with E-state index in [1.165, 1.54) is 13.8 Å². The van der Waals surface area contributed by atoms with Crippen molar-refractivity contribution < 1.29 is 90.5 Å².